The van der Waals surface area contributed by atoms with Gasteiger partial charge in [0.2, 0.25) is 0 Å². The quantitative estimate of drug-likeness (QED) is 0.680. The van der Waals surface area contributed by atoms with Crippen molar-refractivity contribution >= 4 is 33.4 Å². The summed E-state index contributed by atoms with van der Waals surface area (Å²) in [6, 6.07) is 5.47. The molecule has 0 aliphatic carbocycles. The van der Waals surface area contributed by atoms with Crippen LogP contribution >= 0.6 is 11.6 Å². The molecule has 6 nitrogen and oxygen atoms in total. The van der Waals surface area contributed by atoms with Crippen LogP contribution in [0, 0.1) is 5.92 Å². The van der Waals surface area contributed by atoms with Gasteiger partial charge in [-0.3, -0.25) is 9.59 Å². The molecule has 0 fully saturated rings. The maximum Gasteiger partial charge on any atom is 0.324 e. The number of carbonyl (C=O) groups is 2. The van der Waals surface area contributed by atoms with E-state index in [0.29, 0.717) is 5.02 Å². The van der Waals surface area contributed by atoms with Crippen LogP contribution in [0.4, 0.5) is 0 Å². The van der Waals surface area contributed by atoms with Gasteiger partial charge in [0.05, 0.1) is 24.0 Å². The molecular weight excluding hydrogens is 356 g/mol. The van der Waals surface area contributed by atoms with Gasteiger partial charge < -0.3 is 9.47 Å². The van der Waals surface area contributed by atoms with Gasteiger partial charge in [-0.15, -0.1) is 0 Å². The summed E-state index contributed by atoms with van der Waals surface area (Å²) in [5, 5.41) is -1.13. The molecule has 2 atom stereocenters. The molecule has 0 saturated heterocycles. The van der Waals surface area contributed by atoms with E-state index in [1.165, 1.54) is 38.3 Å². The number of rotatable bonds is 7. The van der Waals surface area contributed by atoms with Gasteiger partial charge in [0.25, 0.3) is 0 Å². The van der Waals surface area contributed by atoms with E-state index in [0.717, 1.165) is 0 Å². The van der Waals surface area contributed by atoms with Gasteiger partial charge in [0.15, 0.2) is 15.1 Å². The minimum atomic E-state index is -4.04. The fourth-order valence-electron chi connectivity index (χ4n) is 2.06. The molecule has 24 heavy (non-hydrogen) atoms. The first-order valence-electron chi connectivity index (χ1n) is 7.37. The van der Waals surface area contributed by atoms with Crippen molar-refractivity contribution < 1.29 is 27.5 Å². The molecule has 0 aromatic heterocycles. The number of halogens is 1. The third-order valence-corrected chi connectivity index (χ3v) is 5.62. The van der Waals surface area contributed by atoms with Gasteiger partial charge >= 0.3 is 11.9 Å². The SMILES string of the molecule is COC(=O)C(C)CC(C(=O)OC(C)C)S(=O)(=O)c1ccc(Cl)cc1. The zero-order valence-electron chi connectivity index (χ0n) is 14.0. The summed E-state index contributed by atoms with van der Waals surface area (Å²) in [6.45, 7) is 4.74. The van der Waals surface area contributed by atoms with Crippen LogP contribution in [0.1, 0.15) is 27.2 Å². The molecule has 0 saturated carbocycles. The van der Waals surface area contributed by atoms with Crippen molar-refractivity contribution in [1.82, 2.24) is 0 Å². The van der Waals surface area contributed by atoms with Crippen LogP contribution in [0.2, 0.25) is 5.02 Å². The van der Waals surface area contributed by atoms with Crippen LogP contribution in [-0.2, 0) is 28.9 Å². The zero-order chi connectivity index (χ0) is 18.5. The fraction of sp³-hybridized carbons (Fsp3) is 0.500. The minimum absolute atomic E-state index is 0.0605. The summed E-state index contributed by atoms with van der Waals surface area (Å²) in [5.74, 6) is -2.26. The number of carbonyl (C=O) groups excluding carboxylic acids is 2. The van der Waals surface area contributed by atoms with Crippen LogP contribution in [0.25, 0.3) is 0 Å². The zero-order valence-corrected chi connectivity index (χ0v) is 15.6. The average Bonchev–Trinajstić information content (AvgIpc) is 2.50. The predicted molar refractivity (Wildman–Crippen MR) is 89.5 cm³/mol. The molecule has 0 aliphatic heterocycles. The molecule has 0 N–H and O–H groups in total. The summed E-state index contributed by atoms with van der Waals surface area (Å²) < 4.78 is 35.3. The standard InChI is InChI=1S/C16H21ClO6S/c1-10(2)23-16(19)14(9-11(3)15(18)22-4)24(20,21)13-7-5-12(17)6-8-13/h5-8,10-11,14H,9H2,1-4H3. The van der Waals surface area contributed by atoms with Crippen LogP contribution < -0.4 is 0 Å². The van der Waals surface area contributed by atoms with Crippen molar-refractivity contribution in [2.75, 3.05) is 7.11 Å². The van der Waals surface area contributed by atoms with Gasteiger partial charge in [-0.1, -0.05) is 18.5 Å². The topological polar surface area (TPSA) is 86.7 Å². The highest BCUT2D eigenvalue weighted by molar-refractivity contribution is 7.92. The van der Waals surface area contributed by atoms with Crippen LogP contribution in [0.3, 0.4) is 0 Å². The Morgan fingerprint density at radius 3 is 2.08 bits per heavy atom. The largest absolute Gasteiger partial charge is 0.469 e. The third kappa shape index (κ3) is 5.21. The summed E-state index contributed by atoms with van der Waals surface area (Å²) in [7, 11) is -2.84. The lowest BCUT2D eigenvalue weighted by molar-refractivity contribution is -0.148. The summed E-state index contributed by atoms with van der Waals surface area (Å²) in [5.41, 5.74) is 0. The Morgan fingerprint density at radius 2 is 1.62 bits per heavy atom. The number of methoxy groups -OCH3 is 1. The Kier molecular flexibility index (Phi) is 7.23. The highest BCUT2D eigenvalue weighted by atomic mass is 35.5. The maximum absolute atomic E-state index is 12.8. The Hall–Kier alpha value is -1.60. The molecule has 134 valence electrons. The summed E-state index contributed by atoms with van der Waals surface area (Å²) in [6.07, 6.45) is -0.711. The number of esters is 2. The number of hydrogen-bond donors (Lipinski definition) is 0. The lowest BCUT2D eigenvalue weighted by atomic mass is 10.1. The van der Waals surface area contributed by atoms with E-state index in [-0.39, 0.29) is 11.3 Å². The normalized spacial score (nSPS) is 14.1. The smallest absolute Gasteiger partial charge is 0.324 e. The molecule has 0 amide bonds. The molecule has 1 aromatic rings. The lowest BCUT2D eigenvalue weighted by Crippen LogP contribution is -2.36. The molecule has 0 spiro atoms. The first-order chi connectivity index (χ1) is 11.1. The van der Waals surface area contributed by atoms with E-state index >= 15 is 0 Å². The second-order valence-electron chi connectivity index (χ2n) is 5.63. The first kappa shape index (κ1) is 20.4. The van der Waals surface area contributed by atoms with E-state index in [1.54, 1.807) is 13.8 Å². The van der Waals surface area contributed by atoms with Crippen molar-refractivity contribution in [2.45, 2.75) is 43.4 Å². The molecule has 8 heteroatoms. The number of ether oxygens (including phenoxy) is 2. The van der Waals surface area contributed by atoms with Gasteiger partial charge in [-0.25, -0.2) is 8.42 Å². The fourth-order valence-corrected chi connectivity index (χ4v) is 3.89. The molecule has 0 radical (unpaired) electrons. The van der Waals surface area contributed by atoms with E-state index < -0.39 is 39.0 Å². The minimum Gasteiger partial charge on any atom is -0.469 e. The van der Waals surface area contributed by atoms with E-state index in [1.807, 2.05) is 0 Å². The Morgan fingerprint density at radius 1 is 1.08 bits per heavy atom. The Bertz CT molecular complexity index is 681. The Labute approximate surface area is 147 Å². The van der Waals surface area contributed by atoms with E-state index in [4.69, 9.17) is 16.3 Å². The van der Waals surface area contributed by atoms with Crippen LogP contribution in [0.5, 0.6) is 0 Å². The molecule has 0 aliphatic rings. The highest BCUT2D eigenvalue weighted by Gasteiger charge is 2.38. The molecule has 1 rings (SSSR count). The van der Waals surface area contributed by atoms with Crippen LogP contribution in [-0.4, -0.2) is 38.8 Å². The number of sulfone groups is 1. The molecule has 0 heterocycles. The van der Waals surface area contributed by atoms with Crippen molar-refractivity contribution in [3.05, 3.63) is 29.3 Å². The number of benzene rings is 1. The second kappa shape index (κ2) is 8.48. The monoisotopic (exact) mass is 376 g/mol. The van der Waals surface area contributed by atoms with Crippen molar-refractivity contribution in [2.24, 2.45) is 5.92 Å². The lowest BCUT2D eigenvalue weighted by Gasteiger charge is -2.20. The van der Waals surface area contributed by atoms with E-state index in [9.17, 15) is 18.0 Å². The van der Waals surface area contributed by atoms with Crippen LogP contribution in [0.15, 0.2) is 29.2 Å². The van der Waals surface area contributed by atoms with Gasteiger partial charge in [0, 0.05) is 5.02 Å². The second-order valence-corrected chi connectivity index (χ2v) is 8.20. The Balaban J connectivity index is 3.22. The van der Waals surface area contributed by atoms with E-state index in [2.05, 4.69) is 4.74 Å². The first-order valence-corrected chi connectivity index (χ1v) is 9.29. The molecular formula is C16H21ClO6S. The van der Waals surface area contributed by atoms with Gasteiger partial charge in [-0.05, 0) is 44.5 Å². The summed E-state index contributed by atoms with van der Waals surface area (Å²) in [4.78, 5) is 23.9. The number of hydrogen-bond acceptors (Lipinski definition) is 6. The average molecular weight is 377 g/mol. The van der Waals surface area contributed by atoms with Gasteiger partial charge in [0.1, 0.15) is 0 Å². The maximum atomic E-state index is 12.8. The van der Waals surface area contributed by atoms with Crippen molar-refractivity contribution in [3.63, 3.8) is 0 Å². The molecule has 2 unspecified atom stereocenters. The third-order valence-electron chi connectivity index (χ3n) is 3.30. The van der Waals surface area contributed by atoms with Crippen molar-refractivity contribution in [1.29, 1.82) is 0 Å². The summed E-state index contributed by atoms with van der Waals surface area (Å²) >= 11 is 5.77. The molecule has 0 bridgehead atoms. The van der Waals surface area contributed by atoms with Crippen molar-refractivity contribution in [3.8, 4) is 0 Å². The van der Waals surface area contributed by atoms with Gasteiger partial charge in [-0.2, -0.15) is 0 Å². The highest BCUT2D eigenvalue weighted by Crippen LogP contribution is 2.25. The predicted octanol–water partition coefficient (Wildman–Crippen LogP) is 2.63. The molecule has 1 aromatic carbocycles.